The molecule has 0 saturated carbocycles. The zero-order valence-electron chi connectivity index (χ0n) is 9.51. The van der Waals surface area contributed by atoms with E-state index < -0.39 is 5.41 Å². The van der Waals surface area contributed by atoms with Crippen molar-refractivity contribution in [1.29, 1.82) is 0 Å². The Bertz CT molecular complexity index is 140. The third-order valence-electron chi connectivity index (χ3n) is 1.95. The Morgan fingerprint density at radius 3 is 1.93 bits per heavy atom. The Labute approximate surface area is 94.5 Å². The zero-order chi connectivity index (χ0) is 11.0. The molecule has 1 atom stereocenters. The SMILES string of the molecule is CCOC(CCl)C([SiH3])(OCC)OCC. The van der Waals surface area contributed by atoms with E-state index in [1.54, 1.807) is 0 Å². The second-order valence-electron chi connectivity index (χ2n) is 2.98. The molecule has 5 heteroatoms. The fourth-order valence-corrected chi connectivity index (χ4v) is 2.91. The monoisotopic (exact) mass is 240 g/mol. The molecule has 0 amide bonds. The van der Waals surface area contributed by atoms with E-state index in [1.165, 1.54) is 0 Å². The summed E-state index contributed by atoms with van der Waals surface area (Å²) < 4.78 is 16.7. The van der Waals surface area contributed by atoms with Crippen LogP contribution in [0.4, 0.5) is 0 Å². The predicted molar refractivity (Wildman–Crippen MR) is 62.1 cm³/mol. The molecule has 0 saturated heterocycles. The molecule has 0 aliphatic rings. The summed E-state index contributed by atoms with van der Waals surface area (Å²) in [6.45, 7) is 7.70. The van der Waals surface area contributed by atoms with Gasteiger partial charge in [-0.2, -0.15) is 0 Å². The van der Waals surface area contributed by atoms with E-state index in [2.05, 4.69) is 0 Å². The number of alkyl halides is 1. The molecule has 0 aliphatic heterocycles. The van der Waals surface area contributed by atoms with E-state index in [0.717, 1.165) is 10.2 Å². The summed E-state index contributed by atoms with van der Waals surface area (Å²) in [5, 5.41) is 0. The van der Waals surface area contributed by atoms with Gasteiger partial charge in [-0.3, -0.25) is 0 Å². The van der Waals surface area contributed by atoms with Crippen LogP contribution >= 0.6 is 11.6 Å². The van der Waals surface area contributed by atoms with Crippen LogP contribution in [0.25, 0.3) is 0 Å². The topological polar surface area (TPSA) is 27.7 Å². The highest BCUT2D eigenvalue weighted by atomic mass is 35.5. The first kappa shape index (κ1) is 14.4. The molecule has 0 aromatic carbocycles. The highest BCUT2D eigenvalue weighted by molar-refractivity contribution is 6.20. The maximum atomic E-state index is 5.84. The smallest absolute Gasteiger partial charge is 0.167 e. The van der Waals surface area contributed by atoms with Crippen molar-refractivity contribution in [2.45, 2.75) is 32.3 Å². The van der Waals surface area contributed by atoms with Crippen LogP contribution in [0, 0.1) is 0 Å². The van der Waals surface area contributed by atoms with Gasteiger partial charge in [0.05, 0.1) is 16.1 Å². The van der Waals surface area contributed by atoms with E-state index in [-0.39, 0.29) is 6.10 Å². The Hall–Kier alpha value is 0.387. The number of ether oxygens (including phenoxy) is 3. The van der Waals surface area contributed by atoms with Crippen LogP contribution in [0.2, 0.25) is 0 Å². The molecule has 3 nitrogen and oxygen atoms in total. The molecule has 0 fully saturated rings. The van der Waals surface area contributed by atoms with Gasteiger partial charge in [0.25, 0.3) is 0 Å². The summed E-state index contributed by atoms with van der Waals surface area (Å²) in [4.78, 5) is 0. The van der Waals surface area contributed by atoms with Crippen molar-refractivity contribution < 1.29 is 14.2 Å². The van der Waals surface area contributed by atoms with Crippen LogP contribution in [-0.2, 0) is 14.2 Å². The Balaban J connectivity index is 4.39. The molecule has 0 bridgehead atoms. The van der Waals surface area contributed by atoms with Crippen molar-refractivity contribution in [3.63, 3.8) is 0 Å². The van der Waals surface area contributed by atoms with Crippen LogP contribution in [0.15, 0.2) is 0 Å². The molecule has 0 spiro atoms. The van der Waals surface area contributed by atoms with Gasteiger partial charge in [0.15, 0.2) is 5.41 Å². The lowest BCUT2D eigenvalue weighted by Gasteiger charge is -2.35. The van der Waals surface area contributed by atoms with Crippen molar-refractivity contribution in [2.24, 2.45) is 0 Å². The molecular weight excluding hydrogens is 220 g/mol. The average molecular weight is 241 g/mol. The van der Waals surface area contributed by atoms with Gasteiger partial charge in [0.2, 0.25) is 0 Å². The minimum atomic E-state index is -0.596. The van der Waals surface area contributed by atoms with Gasteiger partial charge >= 0.3 is 0 Å². The highest BCUT2D eigenvalue weighted by Gasteiger charge is 2.35. The maximum absolute atomic E-state index is 5.84. The van der Waals surface area contributed by atoms with Crippen molar-refractivity contribution in [3.8, 4) is 0 Å². The quantitative estimate of drug-likeness (QED) is 0.356. The Morgan fingerprint density at radius 2 is 1.64 bits per heavy atom. The molecule has 0 heterocycles. The summed E-state index contributed by atoms with van der Waals surface area (Å²) in [6.07, 6.45) is -0.166. The predicted octanol–water partition coefficient (Wildman–Crippen LogP) is 0.722. The molecule has 0 rings (SSSR count). The second-order valence-corrected chi connectivity index (χ2v) is 4.68. The van der Waals surface area contributed by atoms with Gasteiger partial charge in [-0.15, -0.1) is 11.6 Å². The minimum Gasteiger partial charge on any atom is -0.372 e. The number of hydrogen-bond acceptors (Lipinski definition) is 3. The molecule has 0 aliphatic carbocycles. The van der Waals surface area contributed by atoms with Crippen molar-refractivity contribution in [2.75, 3.05) is 25.7 Å². The van der Waals surface area contributed by atoms with Crippen LogP contribution in [0.3, 0.4) is 0 Å². The summed E-state index contributed by atoms with van der Waals surface area (Å²) in [5.41, 5.74) is -0.596. The van der Waals surface area contributed by atoms with E-state index in [4.69, 9.17) is 25.8 Å². The standard InChI is InChI=1S/C9H21ClO3Si/c1-4-11-8(7-10)9(14,12-5-2)13-6-3/h8H,4-7H2,1-3,14H3. The van der Waals surface area contributed by atoms with E-state index in [9.17, 15) is 0 Å². The minimum absolute atomic E-state index is 0.166. The van der Waals surface area contributed by atoms with Crippen molar-refractivity contribution in [1.82, 2.24) is 0 Å². The third kappa shape index (κ3) is 4.27. The average Bonchev–Trinajstić information content (AvgIpc) is 2.14. The molecule has 86 valence electrons. The summed E-state index contributed by atoms with van der Waals surface area (Å²) in [6, 6.07) is 0. The highest BCUT2D eigenvalue weighted by Crippen LogP contribution is 2.18. The first-order valence-corrected chi connectivity index (χ1v) is 6.63. The summed E-state index contributed by atoms with van der Waals surface area (Å²) in [5.74, 6) is 0.400. The molecule has 0 radical (unpaired) electrons. The van der Waals surface area contributed by atoms with Gasteiger partial charge < -0.3 is 14.2 Å². The second kappa shape index (κ2) is 7.65. The zero-order valence-corrected chi connectivity index (χ0v) is 12.3. The van der Waals surface area contributed by atoms with Crippen LogP contribution in [0.1, 0.15) is 20.8 Å². The van der Waals surface area contributed by atoms with Gasteiger partial charge in [-0.05, 0) is 20.8 Å². The largest absolute Gasteiger partial charge is 0.372 e. The molecule has 0 aromatic heterocycles. The van der Waals surface area contributed by atoms with Gasteiger partial charge in [-0.1, -0.05) is 0 Å². The fraction of sp³-hybridized carbons (Fsp3) is 1.00. The molecule has 1 unspecified atom stereocenters. The van der Waals surface area contributed by atoms with Crippen LogP contribution in [0.5, 0.6) is 0 Å². The lowest BCUT2D eigenvalue weighted by Crippen LogP contribution is -2.50. The first-order valence-electron chi connectivity index (χ1n) is 5.10. The lowest BCUT2D eigenvalue weighted by atomic mass is 10.3. The number of rotatable bonds is 8. The molecule has 14 heavy (non-hydrogen) atoms. The van der Waals surface area contributed by atoms with E-state index in [1.807, 2.05) is 20.8 Å². The fourth-order valence-electron chi connectivity index (χ4n) is 1.34. The first-order chi connectivity index (χ1) is 6.64. The Morgan fingerprint density at radius 1 is 1.14 bits per heavy atom. The van der Waals surface area contributed by atoms with Gasteiger partial charge in [-0.25, -0.2) is 0 Å². The molecule has 0 aromatic rings. The summed E-state index contributed by atoms with van der Waals surface area (Å²) in [7, 11) is 0.741. The van der Waals surface area contributed by atoms with Crippen molar-refractivity contribution >= 4 is 21.8 Å². The number of hydrogen-bond donors (Lipinski definition) is 0. The molecular formula is C9H21ClO3Si. The Kier molecular flexibility index (Phi) is 7.86. The number of halogens is 1. The van der Waals surface area contributed by atoms with Crippen molar-refractivity contribution in [3.05, 3.63) is 0 Å². The lowest BCUT2D eigenvalue weighted by molar-refractivity contribution is -0.229. The van der Waals surface area contributed by atoms with E-state index >= 15 is 0 Å². The maximum Gasteiger partial charge on any atom is 0.167 e. The van der Waals surface area contributed by atoms with Crippen LogP contribution < -0.4 is 0 Å². The summed E-state index contributed by atoms with van der Waals surface area (Å²) >= 11 is 5.84. The third-order valence-corrected chi connectivity index (χ3v) is 3.46. The van der Waals surface area contributed by atoms with Gasteiger partial charge in [0.1, 0.15) is 6.10 Å². The molecule has 0 N–H and O–H groups in total. The van der Waals surface area contributed by atoms with Crippen LogP contribution in [-0.4, -0.2) is 47.5 Å². The normalized spacial score (nSPS) is 14.6. The van der Waals surface area contributed by atoms with Gasteiger partial charge in [0, 0.05) is 19.8 Å². The van der Waals surface area contributed by atoms with E-state index in [0.29, 0.717) is 25.7 Å².